The van der Waals surface area contributed by atoms with Crippen molar-refractivity contribution in [2.45, 2.75) is 25.6 Å². The van der Waals surface area contributed by atoms with Crippen LogP contribution in [0.15, 0.2) is 59.0 Å². The quantitative estimate of drug-likeness (QED) is 0.635. The van der Waals surface area contributed by atoms with Gasteiger partial charge in [-0.3, -0.25) is 9.59 Å². The average Bonchev–Trinajstić information content (AvgIpc) is 3.32. The summed E-state index contributed by atoms with van der Waals surface area (Å²) in [5.41, 5.74) is 1.89. The first-order valence-electron chi connectivity index (χ1n) is 9.22. The molecule has 30 heavy (non-hydrogen) atoms. The number of carbonyl (C=O) groups is 2. The zero-order valence-electron chi connectivity index (χ0n) is 15.8. The largest absolute Gasteiger partial charge is 0.451 e. The SMILES string of the molecule is CC(NC(=O)c1ccc(-c2cccc(C(F)(F)F)c2)o1)c1ccc2c(c1)CC(=O)N2. The maximum absolute atomic E-state index is 12.9. The van der Waals surface area contributed by atoms with E-state index in [0.717, 1.165) is 28.9 Å². The van der Waals surface area contributed by atoms with Crippen molar-refractivity contribution in [2.24, 2.45) is 0 Å². The number of hydrogen-bond donors (Lipinski definition) is 2. The van der Waals surface area contributed by atoms with Crippen LogP contribution in [-0.4, -0.2) is 11.8 Å². The Bertz CT molecular complexity index is 1130. The summed E-state index contributed by atoms with van der Waals surface area (Å²) < 4.78 is 44.2. The number of nitrogens with one attached hydrogen (secondary N) is 2. The second-order valence-corrected chi connectivity index (χ2v) is 7.08. The third kappa shape index (κ3) is 3.94. The average molecular weight is 414 g/mol. The molecule has 5 nitrogen and oxygen atoms in total. The van der Waals surface area contributed by atoms with E-state index < -0.39 is 17.6 Å². The topological polar surface area (TPSA) is 71.3 Å². The molecule has 0 aliphatic carbocycles. The fraction of sp³-hybridized carbons (Fsp3) is 0.182. The van der Waals surface area contributed by atoms with Gasteiger partial charge in [0, 0.05) is 11.3 Å². The van der Waals surface area contributed by atoms with Crippen molar-refractivity contribution in [1.82, 2.24) is 5.32 Å². The van der Waals surface area contributed by atoms with Crippen molar-refractivity contribution < 1.29 is 27.2 Å². The maximum atomic E-state index is 12.9. The Labute approximate surface area is 169 Å². The number of halogens is 3. The monoisotopic (exact) mass is 414 g/mol. The van der Waals surface area contributed by atoms with Crippen LogP contribution in [0.3, 0.4) is 0 Å². The van der Waals surface area contributed by atoms with Crippen LogP contribution in [0.25, 0.3) is 11.3 Å². The highest BCUT2D eigenvalue weighted by atomic mass is 19.4. The highest BCUT2D eigenvalue weighted by Crippen LogP contribution is 2.33. The van der Waals surface area contributed by atoms with Crippen LogP contribution in [0.2, 0.25) is 0 Å². The van der Waals surface area contributed by atoms with E-state index in [4.69, 9.17) is 4.42 Å². The molecule has 1 atom stereocenters. The molecule has 1 aromatic heterocycles. The van der Waals surface area contributed by atoms with Crippen LogP contribution in [-0.2, 0) is 17.4 Å². The molecular weight excluding hydrogens is 397 g/mol. The van der Waals surface area contributed by atoms with Crippen molar-refractivity contribution >= 4 is 17.5 Å². The van der Waals surface area contributed by atoms with Crippen molar-refractivity contribution in [1.29, 1.82) is 0 Å². The number of amides is 2. The summed E-state index contributed by atoms with van der Waals surface area (Å²) in [6.45, 7) is 1.79. The lowest BCUT2D eigenvalue weighted by Crippen LogP contribution is -2.26. The first-order chi connectivity index (χ1) is 14.2. The summed E-state index contributed by atoms with van der Waals surface area (Å²) in [6.07, 6.45) is -4.17. The molecule has 0 fully saturated rings. The lowest BCUT2D eigenvalue weighted by molar-refractivity contribution is -0.137. The normalized spacial score (nSPS) is 14.2. The van der Waals surface area contributed by atoms with Crippen LogP contribution >= 0.6 is 0 Å². The molecule has 0 spiro atoms. The fourth-order valence-electron chi connectivity index (χ4n) is 3.33. The Morgan fingerprint density at radius 1 is 1.13 bits per heavy atom. The van der Waals surface area contributed by atoms with Gasteiger partial charge in [0.25, 0.3) is 5.91 Å². The Morgan fingerprint density at radius 2 is 1.93 bits per heavy atom. The number of hydrogen-bond acceptors (Lipinski definition) is 3. The third-order valence-corrected chi connectivity index (χ3v) is 4.91. The Morgan fingerprint density at radius 3 is 2.70 bits per heavy atom. The number of alkyl halides is 3. The zero-order chi connectivity index (χ0) is 21.5. The van der Waals surface area contributed by atoms with E-state index in [1.54, 1.807) is 13.0 Å². The van der Waals surface area contributed by atoms with Gasteiger partial charge in [0.05, 0.1) is 18.0 Å². The molecule has 8 heteroatoms. The van der Waals surface area contributed by atoms with E-state index in [9.17, 15) is 22.8 Å². The number of benzene rings is 2. The van der Waals surface area contributed by atoms with Crippen molar-refractivity contribution in [3.8, 4) is 11.3 Å². The van der Waals surface area contributed by atoms with Crippen LogP contribution in [0.5, 0.6) is 0 Å². The molecule has 1 unspecified atom stereocenters. The number of furan rings is 1. The first kappa shape index (κ1) is 19.8. The van der Waals surface area contributed by atoms with Crippen molar-refractivity contribution in [2.75, 3.05) is 5.32 Å². The second-order valence-electron chi connectivity index (χ2n) is 7.08. The number of carbonyl (C=O) groups excluding carboxylic acids is 2. The highest BCUT2D eigenvalue weighted by Gasteiger charge is 2.30. The van der Waals surface area contributed by atoms with Gasteiger partial charge in [-0.25, -0.2) is 0 Å². The fourth-order valence-corrected chi connectivity index (χ4v) is 3.33. The molecule has 3 aromatic rings. The van der Waals surface area contributed by atoms with Crippen molar-refractivity contribution in [3.05, 3.63) is 77.0 Å². The van der Waals surface area contributed by atoms with Gasteiger partial charge in [-0.2, -0.15) is 13.2 Å². The molecule has 0 saturated heterocycles. The molecule has 1 aliphatic heterocycles. The van der Waals surface area contributed by atoms with E-state index in [1.807, 2.05) is 12.1 Å². The lowest BCUT2D eigenvalue weighted by atomic mass is 10.0. The molecule has 0 radical (unpaired) electrons. The van der Waals surface area contributed by atoms with Crippen LogP contribution in [0, 0.1) is 0 Å². The molecule has 2 heterocycles. The summed E-state index contributed by atoms with van der Waals surface area (Å²) in [6, 6.07) is 12.7. The predicted octanol–water partition coefficient (Wildman–Crippen LogP) is 4.95. The minimum Gasteiger partial charge on any atom is -0.451 e. The van der Waals surface area contributed by atoms with Gasteiger partial charge in [-0.05, 0) is 48.4 Å². The molecule has 2 N–H and O–H groups in total. The van der Waals surface area contributed by atoms with E-state index in [0.29, 0.717) is 6.42 Å². The van der Waals surface area contributed by atoms with Gasteiger partial charge in [0.15, 0.2) is 5.76 Å². The smallest absolute Gasteiger partial charge is 0.416 e. The van der Waals surface area contributed by atoms with Gasteiger partial charge in [-0.15, -0.1) is 0 Å². The number of fused-ring (bicyclic) bond motifs is 1. The van der Waals surface area contributed by atoms with E-state index in [2.05, 4.69) is 10.6 Å². The Balaban J connectivity index is 1.48. The molecule has 154 valence electrons. The molecular formula is C22H17F3N2O3. The van der Waals surface area contributed by atoms with E-state index in [1.165, 1.54) is 24.3 Å². The van der Waals surface area contributed by atoms with Gasteiger partial charge in [0.2, 0.25) is 5.91 Å². The zero-order valence-corrected chi connectivity index (χ0v) is 15.8. The maximum Gasteiger partial charge on any atom is 0.416 e. The Hall–Kier alpha value is -3.55. The molecule has 0 saturated carbocycles. The second kappa shape index (κ2) is 7.37. The summed E-state index contributed by atoms with van der Waals surface area (Å²) in [4.78, 5) is 24.0. The standard InChI is InChI=1S/C22H17F3N2O3/c1-12(13-5-6-17-15(9-13)11-20(28)27-17)26-21(29)19-8-7-18(30-19)14-3-2-4-16(10-14)22(23,24)25/h2-10,12H,11H2,1H3,(H,26,29)(H,27,28). The molecule has 4 rings (SSSR count). The van der Waals surface area contributed by atoms with Gasteiger partial charge < -0.3 is 15.1 Å². The first-order valence-corrected chi connectivity index (χ1v) is 9.22. The van der Waals surface area contributed by atoms with Crippen LogP contribution in [0.4, 0.5) is 18.9 Å². The van der Waals surface area contributed by atoms with E-state index >= 15 is 0 Å². The molecule has 1 aliphatic rings. The minimum absolute atomic E-state index is 0.00716. The highest BCUT2D eigenvalue weighted by molar-refractivity contribution is 5.99. The summed E-state index contributed by atoms with van der Waals surface area (Å²) in [5.74, 6) is -0.403. The van der Waals surface area contributed by atoms with Crippen LogP contribution < -0.4 is 10.6 Å². The minimum atomic E-state index is -4.46. The number of anilines is 1. The Kier molecular flexibility index (Phi) is 4.85. The van der Waals surface area contributed by atoms with Crippen molar-refractivity contribution in [3.63, 3.8) is 0 Å². The van der Waals surface area contributed by atoms with Gasteiger partial charge in [0.1, 0.15) is 5.76 Å². The number of rotatable bonds is 4. The van der Waals surface area contributed by atoms with Gasteiger partial charge in [-0.1, -0.05) is 24.3 Å². The molecule has 0 bridgehead atoms. The molecule has 2 aromatic carbocycles. The van der Waals surface area contributed by atoms with Crippen LogP contribution in [0.1, 0.15) is 40.2 Å². The summed E-state index contributed by atoms with van der Waals surface area (Å²) in [7, 11) is 0. The third-order valence-electron chi connectivity index (χ3n) is 4.91. The lowest BCUT2D eigenvalue weighted by Gasteiger charge is -2.14. The molecule has 2 amide bonds. The van der Waals surface area contributed by atoms with E-state index in [-0.39, 0.29) is 29.0 Å². The predicted molar refractivity (Wildman–Crippen MR) is 104 cm³/mol. The summed E-state index contributed by atoms with van der Waals surface area (Å²) >= 11 is 0. The summed E-state index contributed by atoms with van der Waals surface area (Å²) in [5, 5.41) is 5.55. The van der Waals surface area contributed by atoms with Gasteiger partial charge >= 0.3 is 6.18 Å².